The summed E-state index contributed by atoms with van der Waals surface area (Å²) >= 11 is 0. The third-order valence-corrected chi connectivity index (χ3v) is 2.66. The van der Waals surface area contributed by atoms with Gasteiger partial charge in [0.15, 0.2) is 11.4 Å². The van der Waals surface area contributed by atoms with E-state index in [0.717, 1.165) is 11.4 Å². The number of aromatic nitrogens is 3. The van der Waals surface area contributed by atoms with Crippen LogP contribution >= 0.6 is 0 Å². The van der Waals surface area contributed by atoms with E-state index in [2.05, 4.69) is 10.1 Å². The van der Waals surface area contributed by atoms with Crippen LogP contribution in [-0.4, -0.2) is 14.6 Å². The van der Waals surface area contributed by atoms with Crippen molar-refractivity contribution in [2.24, 2.45) is 0 Å². The van der Waals surface area contributed by atoms with Crippen molar-refractivity contribution in [1.82, 2.24) is 14.6 Å². The zero-order chi connectivity index (χ0) is 13.4. The first kappa shape index (κ1) is 11.6. The molecule has 0 radical (unpaired) electrons. The van der Waals surface area contributed by atoms with E-state index in [1.807, 2.05) is 20.0 Å². The molecule has 0 aliphatic carbocycles. The molecular weight excluding hydrogens is 245 g/mol. The van der Waals surface area contributed by atoms with E-state index in [-0.39, 0.29) is 5.82 Å². The standard InChI is InChI=1S/C14H12FN3O/c1-9-6-13(14-16-10(2)8-18(14)17-9)19-12-5-3-4-11(15)7-12/h3-8H,1-2H3. The highest BCUT2D eigenvalue weighted by Gasteiger charge is 2.09. The summed E-state index contributed by atoms with van der Waals surface area (Å²) in [7, 11) is 0. The Kier molecular flexibility index (Phi) is 2.67. The predicted molar refractivity (Wildman–Crippen MR) is 68.9 cm³/mol. The fourth-order valence-electron chi connectivity index (χ4n) is 1.92. The smallest absolute Gasteiger partial charge is 0.197 e. The lowest BCUT2D eigenvalue weighted by molar-refractivity contribution is 0.476. The van der Waals surface area contributed by atoms with Gasteiger partial charge in [-0.2, -0.15) is 5.10 Å². The molecule has 2 aromatic heterocycles. The van der Waals surface area contributed by atoms with Gasteiger partial charge in [0.05, 0.1) is 17.6 Å². The number of nitrogens with zero attached hydrogens (tertiary/aromatic N) is 3. The van der Waals surface area contributed by atoms with E-state index in [9.17, 15) is 4.39 Å². The van der Waals surface area contributed by atoms with Crippen LogP contribution in [0.5, 0.6) is 11.5 Å². The molecule has 0 saturated carbocycles. The third kappa shape index (κ3) is 2.27. The molecule has 3 rings (SSSR count). The molecule has 19 heavy (non-hydrogen) atoms. The molecule has 96 valence electrons. The molecule has 0 saturated heterocycles. The van der Waals surface area contributed by atoms with E-state index in [4.69, 9.17) is 4.74 Å². The monoisotopic (exact) mass is 257 g/mol. The third-order valence-electron chi connectivity index (χ3n) is 2.66. The minimum Gasteiger partial charge on any atom is -0.453 e. The average molecular weight is 257 g/mol. The zero-order valence-corrected chi connectivity index (χ0v) is 10.6. The summed E-state index contributed by atoms with van der Waals surface area (Å²) in [6, 6.07) is 7.80. The van der Waals surface area contributed by atoms with Crippen molar-refractivity contribution < 1.29 is 9.13 Å². The summed E-state index contributed by atoms with van der Waals surface area (Å²) < 4.78 is 20.5. The summed E-state index contributed by atoms with van der Waals surface area (Å²) in [5, 5.41) is 4.32. The average Bonchev–Trinajstić information content (AvgIpc) is 2.69. The molecule has 0 atom stereocenters. The van der Waals surface area contributed by atoms with Gasteiger partial charge in [0.2, 0.25) is 0 Å². The molecule has 0 aliphatic rings. The van der Waals surface area contributed by atoms with Gasteiger partial charge in [0.25, 0.3) is 0 Å². The Morgan fingerprint density at radius 1 is 1.16 bits per heavy atom. The van der Waals surface area contributed by atoms with Crippen molar-refractivity contribution in [3.05, 3.63) is 53.7 Å². The Bertz CT molecular complexity index is 752. The summed E-state index contributed by atoms with van der Waals surface area (Å²) in [5.41, 5.74) is 2.27. The number of ether oxygens (including phenoxy) is 1. The number of hydrogen-bond donors (Lipinski definition) is 0. The number of halogens is 1. The number of benzene rings is 1. The molecule has 0 fully saturated rings. The highest BCUT2D eigenvalue weighted by Crippen LogP contribution is 2.26. The van der Waals surface area contributed by atoms with Gasteiger partial charge in [0, 0.05) is 12.1 Å². The molecule has 0 spiro atoms. The molecular formula is C14H12FN3O. The Balaban J connectivity index is 2.09. The summed E-state index contributed by atoms with van der Waals surface area (Å²) in [5.74, 6) is 0.665. The van der Waals surface area contributed by atoms with Gasteiger partial charge in [0.1, 0.15) is 11.6 Å². The molecule has 0 bridgehead atoms. The number of rotatable bonds is 2. The molecule has 2 heterocycles. The first-order chi connectivity index (χ1) is 9.11. The number of fused-ring (bicyclic) bond motifs is 1. The van der Waals surface area contributed by atoms with Gasteiger partial charge in [-0.3, -0.25) is 0 Å². The van der Waals surface area contributed by atoms with Crippen LogP contribution in [0.2, 0.25) is 0 Å². The normalized spacial score (nSPS) is 10.9. The van der Waals surface area contributed by atoms with Crippen LogP contribution < -0.4 is 4.74 Å². The van der Waals surface area contributed by atoms with Gasteiger partial charge in [-0.1, -0.05) is 6.07 Å². The Labute approximate surface area is 109 Å². The van der Waals surface area contributed by atoms with Crippen molar-refractivity contribution in [3.8, 4) is 11.5 Å². The Morgan fingerprint density at radius 3 is 2.79 bits per heavy atom. The van der Waals surface area contributed by atoms with Crippen molar-refractivity contribution in [3.63, 3.8) is 0 Å². The second kappa shape index (κ2) is 4.35. The quantitative estimate of drug-likeness (QED) is 0.707. The van der Waals surface area contributed by atoms with E-state index in [1.54, 1.807) is 22.7 Å². The molecule has 3 aromatic rings. The van der Waals surface area contributed by atoms with Crippen molar-refractivity contribution in [2.75, 3.05) is 0 Å². The largest absolute Gasteiger partial charge is 0.453 e. The molecule has 0 aliphatic heterocycles. The van der Waals surface area contributed by atoms with Crippen LogP contribution in [0, 0.1) is 19.7 Å². The molecule has 0 unspecified atom stereocenters. The zero-order valence-electron chi connectivity index (χ0n) is 10.6. The summed E-state index contributed by atoms with van der Waals surface area (Å²) in [6.45, 7) is 3.75. The number of hydrogen-bond acceptors (Lipinski definition) is 3. The minimum absolute atomic E-state index is 0.334. The second-order valence-corrected chi connectivity index (χ2v) is 4.36. The van der Waals surface area contributed by atoms with Crippen LogP contribution in [0.25, 0.3) is 5.65 Å². The topological polar surface area (TPSA) is 39.4 Å². The minimum atomic E-state index is -0.334. The SMILES string of the molecule is Cc1cn2nc(C)cc(Oc3cccc(F)c3)c2n1. The fraction of sp³-hybridized carbons (Fsp3) is 0.143. The first-order valence-electron chi connectivity index (χ1n) is 5.89. The van der Waals surface area contributed by atoms with E-state index in [1.165, 1.54) is 12.1 Å². The first-order valence-corrected chi connectivity index (χ1v) is 5.89. The highest BCUT2D eigenvalue weighted by molar-refractivity contribution is 5.55. The lowest BCUT2D eigenvalue weighted by Gasteiger charge is -2.07. The maximum atomic E-state index is 13.2. The van der Waals surface area contributed by atoms with E-state index < -0.39 is 0 Å². The van der Waals surface area contributed by atoms with Crippen LogP contribution in [0.3, 0.4) is 0 Å². The lowest BCUT2D eigenvalue weighted by atomic mass is 10.3. The van der Waals surface area contributed by atoms with Gasteiger partial charge < -0.3 is 4.74 Å². The van der Waals surface area contributed by atoms with Crippen LogP contribution in [0.15, 0.2) is 36.5 Å². The molecule has 4 nitrogen and oxygen atoms in total. The summed E-state index contributed by atoms with van der Waals surface area (Å²) in [6.07, 6.45) is 1.82. The predicted octanol–water partition coefficient (Wildman–Crippen LogP) is 3.28. The molecule has 0 amide bonds. The maximum Gasteiger partial charge on any atom is 0.197 e. The molecule has 1 aromatic carbocycles. The van der Waals surface area contributed by atoms with Crippen molar-refractivity contribution >= 4 is 5.65 Å². The Morgan fingerprint density at radius 2 is 2.00 bits per heavy atom. The van der Waals surface area contributed by atoms with E-state index >= 15 is 0 Å². The van der Waals surface area contributed by atoms with Gasteiger partial charge in [-0.05, 0) is 26.0 Å². The highest BCUT2D eigenvalue weighted by atomic mass is 19.1. The number of imidazole rings is 1. The molecule has 0 N–H and O–H groups in total. The van der Waals surface area contributed by atoms with Gasteiger partial charge in [-0.25, -0.2) is 13.9 Å². The van der Waals surface area contributed by atoms with Gasteiger partial charge in [-0.15, -0.1) is 0 Å². The lowest BCUT2D eigenvalue weighted by Crippen LogP contribution is -1.96. The molecule has 5 heteroatoms. The second-order valence-electron chi connectivity index (χ2n) is 4.36. The van der Waals surface area contributed by atoms with Crippen LogP contribution in [-0.2, 0) is 0 Å². The van der Waals surface area contributed by atoms with Crippen LogP contribution in [0.1, 0.15) is 11.4 Å². The number of aryl methyl sites for hydroxylation is 2. The van der Waals surface area contributed by atoms with Crippen molar-refractivity contribution in [2.45, 2.75) is 13.8 Å². The van der Waals surface area contributed by atoms with Crippen molar-refractivity contribution in [1.29, 1.82) is 0 Å². The van der Waals surface area contributed by atoms with E-state index in [0.29, 0.717) is 17.1 Å². The van der Waals surface area contributed by atoms with Crippen LogP contribution in [0.4, 0.5) is 4.39 Å². The Hall–Kier alpha value is -2.43. The fourth-order valence-corrected chi connectivity index (χ4v) is 1.92. The van der Waals surface area contributed by atoms with Gasteiger partial charge >= 0.3 is 0 Å². The summed E-state index contributed by atoms with van der Waals surface area (Å²) in [4.78, 5) is 4.35. The maximum absolute atomic E-state index is 13.2.